The van der Waals surface area contributed by atoms with E-state index in [2.05, 4.69) is 138 Å². The first-order chi connectivity index (χ1) is 21.3. The molecule has 0 aliphatic heterocycles. The average Bonchev–Trinajstić information content (AvgIpc) is 3.64. The lowest BCUT2D eigenvalue weighted by molar-refractivity contribution is 0.667. The van der Waals surface area contributed by atoms with Gasteiger partial charge in [-0.05, 0) is 64.4 Å². The van der Waals surface area contributed by atoms with Crippen molar-refractivity contribution in [1.82, 2.24) is 4.98 Å². The maximum Gasteiger partial charge on any atom is 0.181 e. The molecule has 3 heterocycles. The Morgan fingerprint density at radius 2 is 1.26 bits per heavy atom. The van der Waals surface area contributed by atoms with Crippen LogP contribution in [0, 0.1) is 0 Å². The number of hydrogen-bond acceptors (Lipinski definition) is 4. The number of anilines is 3. The molecule has 0 atom stereocenters. The Morgan fingerprint density at radius 1 is 0.535 bits per heavy atom. The van der Waals surface area contributed by atoms with Crippen LogP contribution in [0.1, 0.15) is 0 Å². The first-order valence-corrected chi connectivity index (χ1v) is 15.2. The molecule has 0 saturated heterocycles. The van der Waals surface area contributed by atoms with Crippen molar-refractivity contribution in [3.8, 4) is 11.1 Å². The van der Waals surface area contributed by atoms with Gasteiger partial charge in [-0.25, -0.2) is 4.98 Å². The highest BCUT2D eigenvalue weighted by Crippen LogP contribution is 2.44. The van der Waals surface area contributed by atoms with E-state index in [0.717, 1.165) is 39.1 Å². The van der Waals surface area contributed by atoms with Gasteiger partial charge in [-0.3, -0.25) is 4.90 Å². The summed E-state index contributed by atoms with van der Waals surface area (Å²) < 4.78 is 9.18. The van der Waals surface area contributed by atoms with Crippen molar-refractivity contribution in [2.75, 3.05) is 4.90 Å². The smallest absolute Gasteiger partial charge is 0.181 e. The van der Waals surface area contributed by atoms with E-state index in [-0.39, 0.29) is 0 Å². The molecule has 0 fully saturated rings. The molecule has 4 heteroatoms. The number of rotatable bonds is 4. The van der Waals surface area contributed by atoms with Crippen LogP contribution in [-0.4, -0.2) is 4.98 Å². The molecule has 0 bridgehead atoms. The summed E-state index contributed by atoms with van der Waals surface area (Å²) in [5.74, 6) is 0.769. The van der Waals surface area contributed by atoms with Crippen LogP contribution in [0.15, 0.2) is 150 Å². The summed E-state index contributed by atoms with van der Waals surface area (Å²) >= 11 is 1.82. The highest BCUT2D eigenvalue weighted by Gasteiger charge is 2.22. The normalized spacial score (nSPS) is 11.7. The number of thiophene rings is 1. The molecule has 0 N–H and O–H groups in total. The SMILES string of the molecule is c1ccc(-c2ccc(N(c3ccc4c(c3)sc3ccccc34)c3nccc4c3oc3ccc5ccccc5c34)cc2)cc1. The fourth-order valence-electron chi connectivity index (χ4n) is 6.30. The van der Waals surface area contributed by atoms with E-state index in [0.29, 0.717) is 0 Å². The summed E-state index contributed by atoms with van der Waals surface area (Å²) in [5, 5.41) is 7.12. The summed E-state index contributed by atoms with van der Waals surface area (Å²) in [6, 6.07) is 49.3. The fraction of sp³-hybridized carbons (Fsp3) is 0. The van der Waals surface area contributed by atoms with Gasteiger partial charge in [0, 0.05) is 48.5 Å². The summed E-state index contributed by atoms with van der Waals surface area (Å²) in [5.41, 5.74) is 6.06. The van der Waals surface area contributed by atoms with Gasteiger partial charge in [0.1, 0.15) is 5.58 Å². The number of benzene rings is 6. The molecule has 202 valence electrons. The molecule has 9 rings (SSSR count). The number of hydrogen-bond donors (Lipinski definition) is 0. The second-order valence-corrected chi connectivity index (χ2v) is 11.9. The second kappa shape index (κ2) is 9.55. The third-order valence-corrected chi connectivity index (χ3v) is 9.46. The minimum Gasteiger partial charge on any atom is -0.452 e. The molecule has 0 aliphatic rings. The maximum atomic E-state index is 6.64. The number of fused-ring (bicyclic) bond motifs is 8. The molecule has 0 radical (unpaired) electrons. The Hall–Kier alpha value is -5.45. The van der Waals surface area contributed by atoms with Crippen LogP contribution in [0.3, 0.4) is 0 Å². The molecular weight excluding hydrogens is 545 g/mol. The summed E-state index contributed by atoms with van der Waals surface area (Å²) in [7, 11) is 0. The van der Waals surface area contributed by atoms with Crippen LogP contribution >= 0.6 is 11.3 Å². The predicted molar refractivity (Wildman–Crippen MR) is 182 cm³/mol. The van der Waals surface area contributed by atoms with Crippen molar-refractivity contribution >= 4 is 81.4 Å². The van der Waals surface area contributed by atoms with E-state index >= 15 is 0 Å². The van der Waals surface area contributed by atoms with Gasteiger partial charge in [0.15, 0.2) is 11.4 Å². The summed E-state index contributed by atoms with van der Waals surface area (Å²) in [6.45, 7) is 0. The van der Waals surface area contributed by atoms with Gasteiger partial charge in [-0.2, -0.15) is 0 Å². The van der Waals surface area contributed by atoms with Crippen molar-refractivity contribution in [1.29, 1.82) is 0 Å². The summed E-state index contributed by atoms with van der Waals surface area (Å²) in [4.78, 5) is 7.20. The quantitative estimate of drug-likeness (QED) is 0.211. The largest absolute Gasteiger partial charge is 0.452 e. The Labute approximate surface area is 251 Å². The van der Waals surface area contributed by atoms with E-state index < -0.39 is 0 Å². The van der Waals surface area contributed by atoms with Gasteiger partial charge in [0.2, 0.25) is 0 Å². The van der Waals surface area contributed by atoms with Crippen LogP contribution < -0.4 is 4.90 Å². The van der Waals surface area contributed by atoms with E-state index in [9.17, 15) is 0 Å². The topological polar surface area (TPSA) is 29.3 Å². The highest BCUT2D eigenvalue weighted by atomic mass is 32.1. The van der Waals surface area contributed by atoms with Gasteiger partial charge in [0.05, 0.1) is 0 Å². The average molecular weight is 569 g/mol. The zero-order valence-corrected chi connectivity index (χ0v) is 23.9. The van der Waals surface area contributed by atoms with E-state index in [1.54, 1.807) is 0 Å². The minimum absolute atomic E-state index is 0.769. The second-order valence-electron chi connectivity index (χ2n) is 10.8. The van der Waals surface area contributed by atoms with E-state index in [1.807, 2.05) is 23.6 Å². The maximum absolute atomic E-state index is 6.64. The zero-order valence-electron chi connectivity index (χ0n) is 23.1. The van der Waals surface area contributed by atoms with Gasteiger partial charge in [0.25, 0.3) is 0 Å². The first-order valence-electron chi connectivity index (χ1n) is 14.4. The van der Waals surface area contributed by atoms with Crippen LogP contribution in [0.4, 0.5) is 17.2 Å². The molecule has 6 aromatic carbocycles. The molecule has 43 heavy (non-hydrogen) atoms. The predicted octanol–water partition coefficient (Wildman–Crippen LogP) is 11.6. The number of nitrogens with zero attached hydrogens (tertiary/aromatic N) is 2. The Balaban J connectivity index is 1.29. The van der Waals surface area contributed by atoms with Crippen LogP contribution in [0.5, 0.6) is 0 Å². The van der Waals surface area contributed by atoms with E-state index in [1.165, 1.54) is 42.1 Å². The molecule has 0 saturated carbocycles. The lowest BCUT2D eigenvalue weighted by Crippen LogP contribution is -2.11. The molecule has 0 unspecified atom stereocenters. The van der Waals surface area contributed by atoms with Gasteiger partial charge in [-0.1, -0.05) is 97.1 Å². The van der Waals surface area contributed by atoms with Crippen molar-refractivity contribution in [2.45, 2.75) is 0 Å². The van der Waals surface area contributed by atoms with Gasteiger partial charge in [-0.15, -0.1) is 11.3 Å². The Morgan fingerprint density at radius 3 is 2.14 bits per heavy atom. The number of furan rings is 1. The van der Waals surface area contributed by atoms with Crippen LogP contribution in [0.2, 0.25) is 0 Å². The van der Waals surface area contributed by atoms with Crippen molar-refractivity contribution in [3.63, 3.8) is 0 Å². The first kappa shape index (κ1) is 24.2. The summed E-state index contributed by atoms with van der Waals surface area (Å²) in [6.07, 6.45) is 1.90. The molecule has 3 aromatic heterocycles. The van der Waals surface area contributed by atoms with E-state index in [4.69, 9.17) is 9.40 Å². The Bertz CT molecular complexity index is 2460. The van der Waals surface area contributed by atoms with Gasteiger partial charge < -0.3 is 4.42 Å². The molecule has 3 nitrogen and oxygen atoms in total. The van der Waals surface area contributed by atoms with Crippen LogP contribution in [-0.2, 0) is 0 Å². The highest BCUT2D eigenvalue weighted by molar-refractivity contribution is 7.25. The molecule has 9 aromatic rings. The van der Waals surface area contributed by atoms with Crippen molar-refractivity contribution in [2.24, 2.45) is 0 Å². The fourth-order valence-corrected chi connectivity index (χ4v) is 7.44. The third-order valence-electron chi connectivity index (χ3n) is 8.32. The third kappa shape index (κ3) is 3.84. The lowest BCUT2D eigenvalue weighted by atomic mass is 10.0. The monoisotopic (exact) mass is 568 g/mol. The Kier molecular flexibility index (Phi) is 5.37. The minimum atomic E-state index is 0.769. The molecule has 0 spiro atoms. The van der Waals surface area contributed by atoms with Crippen molar-refractivity contribution < 1.29 is 4.42 Å². The molecular formula is C39H24N2OS. The molecule has 0 aliphatic carbocycles. The van der Waals surface area contributed by atoms with Crippen LogP contribution in [0.25, 0.3) is 64.0 Å². The van der Waals surface area contributed by atoms with Gasteiger partial charge >= 0.3 is 0 Å². The number of aromatic nitrogens is 1. The van der Waals surface area contributed by atoms with Crippen molar-refractivity contribution in [3.05, 3.63) is 146 Å². The standard InChI is InChI=1S/C39H24N2OS/c1-2-8-25(9-3-1)26-14-17-28(18-15-26)41(29-19-20-32-31-12-6-7-13-35(31)43-36(32)24-29)39-38-33(22-23-40-39)37-30-11-5-4-10-27(30)16-21-34(37)42-38/h1-24H. The number of pyridine rings is 1. The molecule has 0 amide bonds. The zero-order chi connectivity index (χ0) is 28.3. The lowest BCUT2D eigenvalue weighted by Gasteiger charge is -2.24.